The molecular formula is C17H15NO2. The summed E-state index contributed by atoms with van der Waals surface area (Å²) in [5, 5.41) is 0. The summed E-state index contributed by atoms with van der Waals surface area (Å²) in [6.45, 7) is 1.90. The van der Waals surface area contributed by atoms with Crippen molar-refractivity contribution in [2.75, 3.05) is 4.90 Å². The van der Waals surface area contributed by atoms with E-state index < -0.39 is 0 Å². The second-order valence-electron chi connectivity index (χ2n) is 5.18. The van der Waals surface area contributed by atoms with Crippen molar-refractivity contribution in [2.24, 2.45) is 0 Å². The highest BCUT2D eigenvalue weighted by atomic mass is 16.6. The van der Waals surface area contributed by atoms with Gasteiger partial charge in [-0.2, -0.15) is 0 Å². The third-order valence-corrected chi connectivity index (χ3v) is 4.01. The van der Waals surface area contributed by atoms with Crippen LogP contribution in [0, 0.1) is 0 Å². The molecule has 3 nitrogen and oxygen atoms in total. The van der Waals surface area contributed by atoms with Gasteiger partial charge in [0.25, 0.3) is 0 Å². The number of ether oxygens (including phenoxy) is 1. The molecule has 2 aromatic rings. The molecule has 2 atom stereocenters. The van der Waals surface area contributed by atoms with Crippen molar-refractivity contribution in [3.05, 3.63) is 59.7 Å². The minimum Gasteiger partial charge on any atom is -0.359 e. The maximum Gasteiger partial charge on any atom is 0.231 e. The maximum atomic E-state index is 12.5. The van der Waals surface area contributed by atoms with E-state index >= 15 is 0 Å². The lowest BCUT2D eigenvalue weighted by Gasteiger charge is -2.25. The zero-order valence-corrected chi connectivity index (χ0v) is 11.2. The van der Waals surface area contributed by atoms with Crippen molar-refractivity contribution in [3.63, 3.8) is 0 Å². The first-order chi connectivity index (χ1) is 9.81. The quantitative estimate of drug-likeness (QED) is 0.733. The lowest BCUT2D eigenvalue weighted by Crippen LogP contribution is -2.26. The van der Waals surface area contributed by atoms with Crippen LogP contribution in [0.5, 0.6) is 0 Å². The number of fused-ring (bicyclic) bond motifs is 5. The largest absolute Gasteiger partial charge is 0.359 e. The van der Waals surface area contributed by atoms with Gasteiger partial charge in [0.05, 0.1) is 11.4 Å². The van der Waals surface area contributed by atoms with Crippen LogP contribution in [-0.4, -0.2) is 5.91 Å². The molecule has 0 aliphatic carbocycles. The van der Waals surface area contributed by atoms with Gasteiger partial charge in [0, 0.05) is 17.5 Å². The lowest BCUT2D eigenvalue weighted by atomic mass is 10.0. The number of amides is 1. The van der Waals surface area contributed by atoms with Crippen LogP contribution in [0.15, 0.2) is 48.5 Å². The fourth-order valence-electron chi connectivity index (χ4n) is 3.01. The third kappa shape index (κ3) is 1.53. The molecule has 2 aromatic carbocycles. The highest BCUT2D eigenvalue weighted by Crippen LogP contribution is 2.58. The number of epoxide rings is 1. The number of anilines is 2. The van der Waals surface area contributed by atoms with Crippen LogP contribution in [0.25, 0.3) is 0 Å². The minimum atomic E-state index is 0.0852. The molecule has 20 heavy (non-hydrogen) atoms. The van der Waals surface area contributed by atoms with Gasteiger partial charge in [-0.1, -0.05) is 43.3 Å². The van der Waals surface area contributed by atoms with Gasteiger partial charge in [0.2, 0.25) is 5.91 Å². The van der Waals surface area contributed by atoms with Gasteiger partial charge in [0.1, 0.15) is 12.2 Å². The standard InChI is InChI=1S/C17H15NO2/c1-2-15(19)18-13-9-5-3-7-11(13)16-17(20-16)12-8-4-6-10-14(12)18/h3-10,16-17H,2H2,1H3. The molecule has 2 heterocycles. The number of carbonyl (C=O) groups is 1. The van der Waals surface area contributed by atoms with Crippen molar-refractivity contribution >= 4 is 17.3 Å². The number of rotatable bonds is 1. The van der Waals surface area contributed by atoms with Crippen molar-refractivity contribution < 1.29 is 9.53 Å². The van der Waals surface area contributed by atoms with Crippen LogP contribution in [0.4, 0.5) is 11.4 Å². The Balaban J connectivity index is 1.99. The molecule has 1 saturated heterocycles. The molecule has 0 saturated carbocycles. The first-order valence-corrected chi connectivity index (χ1v) is 6.97. The van der Waals surface area contributed by atoms with Crippen LogP contribution in [0.1, 0.15) is 36.7 Å². The SMILES string of the molecule is CCC(=O)N1c2ccccc2C2OC2c2ccccc21. The van der Waals surface area contributed by atoms with Gasteiger partial charge in [-0.15, -0.1) is 0 Å². The van der Waals surface area contributed by atoms with Gasteiger partial charge in [-0.3, -0.25) is 9.69 Å². The molecule has 2 aliphatic heterocycles. The third-order valence-electron chi connectivity index (χ3n) is 4.01. The molecule has 1 fully saturated rings. The highest BCUT2D eigenvalue weighted by Gasteiger charge is 2.47. The van der Waals surface area contributed by atoms with Crippen molar-refractivity contribution in [1.82, 2.24) is 0 Å². The predicted octanol–water partition coefficient (Wildman–Crippen LogP) is 3.89. The summed E-state index contributed by atoms with van der Waals surface area (Å²) < 4.78 is 5.83. The number of carbonyl (C=O) groups excluding carboxylic acids is 1. The summed E-state index contributed by atoms with van der Waals surface area (Å²) in [6, 6.07) is 16.1. The van der Waals surface area contributed by atoms with E-state index in [2.05, 4.69) is 12.1 Å². The zero-order chi connectivity index (χ0) is 13.7. The van der Waals surface area contributed by atoms with Crippen LogP contribution in [-0.2, 0) is 9.53 Å². The Hall–Kier alpha value is -2.13. The molecule has 0 aromatic heterocycles. The molecule has 2 unspecified atom stereocenters. The van der Waals surface area contributed by atoms with E-state index in [1.54, 1.807) is 0 Å². The summed E-state index contributed by atoms with van der Waals surface area (Å²) in [5.74, 6) is 0.117. The zero-order valence-electron chi connectivity index (χ0n) is 11.2. The van der Waals surface area contributed by atoms with Crippen LogP contribution < -0.4 is 4.90 Å². The Morgan fingerprint density at radius 2 is 1.50 bits per heavy atom. The van der Waals surface area contributed by atoms with Gasteiger partial charge in [-0.25, -0.2) is 0 Å². The minimum absolute atomic E-state index is 0.0852. The number of benzene rings is 2. The van der Waals surface area contributed by atoms with Crippen LogP contribution in [0.3, 0.4) is 0 Å². The van der Waals surface area contributed by atoms with E-state index in [0.717, 1.165) is 22.5 Å². The fraction of sp³-hybridized carbons (Fsp3) is 0.235. The number of hydrogen-bond acceptors (Lipinski definition) is 2. The smallest absolute Gasteiger partial charge is 0.231 e. The Morgan fingerprint density at radius 3 is 2.00 bits per heavy atom. The number of nitrogens with zero attached hydrogens (tertiary/aromatic N) is 1. The van der Waals surface area contributed by atoms with E-state index in [1.807, 2.05) is 48.2 Å². The summed E-state index contributed by atoms with van der Waals surface area (Å²) >= 11 is 0. The summed E-state index contributed by atoms with van der Waals surface area (Å²) in [6.07, 6.45) is 0.655. The molecular weight excluding hydrogens is 250 g/mol. The van der Waals surface area contributed by atoms with E-state index in [-0.39, 0.29) is 18.1 Å². The van der Waals surface area contributed by atoms with Crippen LogP contribution >= 0.6 is 0 Å². The van der Waals surface area contributed by atoms with Crippen molar-refractivity contribution in [2.45, 2.75) is 25.6 Å². The molecule has 0 N–H and O–H groups in total. The second-order valence-corrected chi connectivity index (χ2v) is 5.18. The molecule has 2 aliphatic rings. The predicted molar refractivity (Wildman–Crippen MR) is 76.9 cm³/mol. The van der Waals surface area contributed by atoms with E-state index in [9.17, 15) is 4.79 Å². The fourth-order valence-corrected chi connectivity index (χ4v) is 3.01. The lowest BCUT2D eigenvalue weighted by molar-refractivity contribution is -0.117. The Labute approximate surface area is 117 Å². The summed E-state index contributed by atoms with van der Waals surface area (Å²) in [7, 11) is 0. The van der Waals surface area contributed by atoms with Gasteiger partial charge >= 0.3 is 0 Å². The average Bonchev–Trinajstić information content (AvgIpc) is 3.28. The second kappa shape index (κ2) is 4.18. The van der Waals surface area contributed by atoms with Crippen molar-refractivity contribution in [3.8, 4) is 0 Å². The first-order valence-electron chi connectivity index (χ1n) is 6.97. The van der Waals surface area contributed by atoms with Gasteiger partial charge in [0.15, 0.2) is 0 Å². The maximum absolute atomic E-state index is 12.5. The van der Waals surface area contributed by atoms with Crippen LogP contribution in [0.2, 0.25) is 0 Å². The van der Waals surface area contributed by atoms with E-state index in [1.165, 1.54) is 0 Å². The summed E-state index contributed by atoms with van der Waals surface area (Å²) in [5.41, 5.74) is 4.12. The number of hydrogen-bond donors (Lipinski definition) is 0. The average molecular weight is 265 g/mol. The Kier molecular flexibility index (Phi) is 2.44. The van der Waals surface area contributed by atoms with E-state index in [0.29, 0.717) is 6.42 Å². The molecule has 4 rings (SSSR count). The number of para-hydroxylation sites is 2. The summed E-state index contributed by atoms with van der Waals surface area (Å²) in [4.78, 5) is 14.3. The van der Waals surface area contributed by atoms with Crippen molar-refractivity contribution in [1.29, 1.82) is 0 Å². The topological polar surface area (TPSA) is 32.8 Å². The molecule has 3 heteroatoms. The first kappa shape index (κ1) is 11.7. The molecule has 100 valence electrons. The monoisotopic (exact) mass is 265 g/mol. The van der Waals surface area contributed by atoms with Gasteiger partial charge in [-0.05, 0) is 12.1 Å². The molecule has 1 amide bonds. The Morgan fingerprint density at radius 1 is 1.00 bits per heavy atom. The molecule has 0 bridgehead atoms. The van der Waals surface area contributed by atoms with E-state index in [4.69, 9.17) is 4.74 Å². The highest BCUT2D eigenvalue weighted by molar-refractivity contribution is 6.02. The normalized spacial score (nSPS) is 22.4. The molecule has 0 spiro atoms. The Bertz CT molecular complexity index is 643. The molecule has 0 radical (unpaired) electrons. The van der Waals surface area contributed by atoms with Gasteiger partial charge < -0.3 is 4.74 Å².